The number of rotatable bonds is 7. The summed E-state index contributed by atoms with van der Waals surface area (Å²) in [6.45, 7) is 0.826. The molecule has 2 amide bonds. The minimum Gasteiger partial charge on any atom is -0.465 e. The molecule has 6 nitrogen and oxygen atoms in total. The van der Waals surface area contributed by atoms with Gasteiger partial charge in [-0.2, -0.15) is 0 Å². The van der Waals surface area contributed by atoms with Crippen LogP contribution in [0.2, 0.25) is 0 Å². The van der Waals surface area contributed by atoms with Gasteiger partial charge in [-0.05, 0) is 12.3 Å². The lowest BCUT2D eigenvalue weighted by molar-refractivity contribution is -0.123. The summed E-state index contributed by atoms with van der Waals surface area (Å²) in [6.07, 6.45) is 5.21. The SMILES string of the molecule is COCCNC(=O)C(CC1CCCCC1)NC(=O)O. The van der Waals surface area contributed by atoms with Gasteiger partial charge in [0, 0.05) is 13.7 Å². The zero-order valence-corrected chi connectivity index (χ0v) is 11.5. The van der Waals surface area contributed by atoms with Gasteiger partial charge in [0.1, 0.15) is 6.04 Å². The standard InChI is InChI=1S/C13H24N2O4/c1-19-8-7-14-12(16)11(15-13(17)18)9-10-5-3-2-4-6-10/h10-11,15H,2-9H2,1H3,(H,14,16)(H,17,18). The second-order valence-electron chi connectivity index (χ2n) is 5.03. The molecule has 0 radical (unpaired) electrons. The number of hydrogen-bond acceptors (Lipinski definition) is 3. The van der Waals surface area contributed by atoms with Crippen LogP contribution in [0.15, 0.2) is 0 Å². The molecule has 0 heterocycles. The van der Waals surface area contributed by atoms with Crippen molar-refractivity contribution in [2.45, 2.75) is 44.6 Å². The van der Waals surface area contributed by atoms with Crippen LogP contribution in [0.3, 0.4) is 0 Å². The van der Waals surface area contributed by atoms with E-state index in [0.29, 0.717) is 25.5 Å². The van der Waals surface area contributed by atoms with E-state index in [1.807, 2.05) is 0 Å². The highest BCUT2D eigenvalue weighted by Crippen LogP contribution is 2.27. The van der Waals surface area contributed by atoms with E-state index >= 15 is 0 Å². The second kappa shape index (κ2) is 8.74. The van der Waals surface area contributed by atoms with Crippen LogP contribution in [0.5, 0.6) is 0 Å². The quantitative estimate of drug-likeness (QED) is 0.611. The van der Waals surface area contributed by atoms with E-state index < -0.39 is 12.1 Å². The number of ether oxygens (including phenoxy) is 1. The first kappa shape index (κ1) is 15.8. The number of carbonyl (C=O) groups is 2. The number of carbonyl (C=O) groups excluding carboxylic acids is 1. The van der Waals surface area contributed by atoms with E-state index in [9.17, 15) is 9.59 Å². The summed E-state index contributed by atoms with van der Waals surface area (Å²) in [4.78, 5) is 22.7. The third kappa shape index (κ3) is 6.42. The molecular formula is C13H24N2O4. The number of amides is 2. The van der Waals surface area contributed by atoms with E-state index in [4.69, 9.17) is 9.84 Å². The average Bonchev–Trinajstić information content (AvgIpc) is 2.39. The minimum atomic E-state index is -1.15. The predicted molar refractivity (Wildman–Crippen MR) is 71.0 cm³/mol. The molecule has 110 valence electrons. The first-order valence-electron chi connectivity index (χ1n) is 6.89. The number of carboxylic acid groups (broad SMARTS) is 1. The molecule has 3 N–H and O–H groups in total. The summed E-state index contributed by atoms with van der Waals surface area (Å²) in [5, 5.41) is 13.8. The molecule has 0 aromatic rings. The smallest absolute Gasteiger partial charge is 0.405 e. The van der Waals surface area contributed by atoms with Crippen LogP contribution >= 0.6 is 0 Å². The van der Waals surface area contributed by atoms with E-state index in [-0.39, 0.29) is 5.91 Å². The number of hydrogen-bond donors (Lipinski definition) is 3. The van der Waals surface area contributed by atoms with E-state index in [2.05, 4.69) is 10.6 Å². The molecule has 0 aromatic carbocycles. The Morgan fingerprint density at radius 1 is 1.32 bits per heavy atom. The van der Waals surface area contributed by atoms with E-state index in [0.717, 1.165) is 12.8 Å². The molecule has 0 aliphatic heterocycles. The summed E-state index contributed by atoms with van der Waals surface area (Å²) in [7, 11) is 1.56. The lowest BCUT2D eigenvalue weighted by atomic mass is 9.84. The predicted octanol–water partition coefficient (Wildman–Crippen LogP) is 1.36. The zero-order chi connectivity index (χ0) is 14.1. The first-order valence-corrected chi connectivity index (χ1v) is 6.89. The lowest BCUT2D eigenvalue weighted by Gasteiger charge is -2.25. The maximum Gasteiger partial charge on any atom is 0.405 e. The Labute approximate surface area is 113 Å². The fraction of sp³-hybridized carbons (Fsp3) is 0.846. The Morgan fingerprint density at radius 2 is 2.00 bits per heavy atom. The van der Waals surface area contributed by atoms with Gasteiger partial charge < -0.3 is 20.5 Å². The highest BCUT2D eigenvalue weighted by Gasteiger charge is 2.25. The highest BCUT2D eigenvalue weighted by molar-refractivity contribution is 5.85. The molecular weight excluding hydrogens is 248 g/mol. The van der Waals surface area contributed by atoms with Gasteiger partial charge in [0.05, 0.1) is 6.61 Å². The van der Waals surface area contributed by atoms with E-state index in [1.165, 1.54) is 19.3 Å². The molecule has 1 aliphatic carbocycles. The molecule has 1 unspecified atom stereocenters. The van der Waals surface area contributed by atoms with Crippen LogP contribution in [0.1, 0.15) is 38.5 Å². The molecule has 1 rings (SSSR count). The molecule has 19 heavy (non-hydrogen) atoms. The summed E-state index contributed by atoms with van der Waals surface area (Å²) in [5.74, 6) is 0.184. The molecule has 0 saturated heterocycles. The van der Waals surface area contributed by atoms with Crippen LogP contribution in [0, 0.1) is 5.92 Å². The molecule has 1 fully saturated rings. The summed E-state index contributed by atoms with van der Waals surface area (Å²) in [6, 6.07) is -0.655. The number of methoxy groups -OCH3 is 1. The fourth-order valence-electron chi connectivity index (χ4n) is 2.54. The Morgan fingerprint density at radius 3 is 2.58 bits per heavy atom. The molecule has 0 bridgehead atoms. The monoisotopic (exact) mass is 272 g/mol. The van der Waals surface area contributed by atoms with Crippen molar-refractivity contribution in [2.75, 3.05) is 20.3 Å². The Hall–Kier alpha value is -1.30. The van der Waals surface area contributed by atoms with Gasteiger partial charge >= 0.3 is 6.09 Å². The van der Waals surface area contributed by atoms with E-state index in [1.54, 1.807) is 7.11 Å². The zero-order valence-electron chi connectivity index (χ0n) is 11.5. The Kier molecular flexibility index (Phi) is 7.25. The normalized spacial score (nSPS) is 17.7. The maximum absolute atomic E-state index is 11.9. The molecule has 1 aliphatic rings. The van der Waals surface area contributed by atoms with Crippen LogP contribution in [-0.2, 0) is 9.53 Å². The van der Waals surface area contributed by atoms with Crippen molar-refractivity contribution >= 4 is 12.0 Å². The van der Waals surface area contributed by atoms with Crippen LogP contribution in [0.4, 0.5) is 4.79 Å². The molecule has 0 spiro atoms. The van der Waals surface area contributed by atoms with Gasteiger partial charge in [0.25, 0.3) is 0 Å². The second-order valence-corrected chi connectivity index (χ2v) is 5.03. The van der Waals surface area contributed by atoms with Crippen molar-refractivity contribution in [3.05, 3.63) is 0 Å². The van der Waals surface area contributed by atoms with Gasteiger partial charge in [-0.25, -0.2) is 4.79 Å². The van der Waals surface area contributed by atoms with Crippen molar-refractivity contribution in [1.82, 2.24) is 10.6 Å². The van der Waals surface area contributed by atoms with Crippen molar-refractivity contribution in [2.24, 2.45) is 5.92 Å². The molecule has 1 atom stereocenters. The van der Waals surface area contributed by atoms with Gasteiger partial charge in [0.15, 0.2) is 0 Å². The lowest BCUT2D eigenvalue weighted by Crippen LogP contribution is -2.48. The maximum atomic E-state index is 11.9. The van der Waals surface area contributed by atoms with Crippen molar-refractivity contribution < 1.29 is 19.4 Å². The largest absolute Gasteiger partial charge is 0.465 e. The van der Waals surface area contributed by atoms with Crippen LogP contribution in [0.25, 0.3) is 0 Å². The van der Waals surface area contributed by atoms with Crippen molar-refractivity contribution in [3.8, 4) is 0 Å². The van der Waals surface area contributed by atoms with Crippen molar-refractivity contribution in [1.29, 1.82) is 0 Å². The summed E-state index contributed by atoms with van der Waals surface area (Å²) < 4.78 is 4.85. The topological polar surface area (TPSA) is 87.7 Å². The summed E-state index contributed by atoms with van der Waals surface area (Å²) >= 11 is 0. The van der Waals surface area contributed by atoms with Gasteiger partial charge in [0.2, 0.25) is 5.91 Å². The first-order chi connectivity index (χ1) is 9.13. The van der Waals surface area contributed by atoms with Gasteiger partial charge in [-0.1, -0.05) is 32.1 Å². The van der Waals surface area contributed by atoms with Gasteiger partial charge in [-0.3, -0.25) is 4.79 Å². The average molecular weight is 272 g/mol. The fourth-order valence-corrected chi connectivity index (χ4v) is 2.54. The Bertz CT molecular complexity index is 290. The van der Waals surface area contributed by atoms with Crippen molar-refractivity contribution in [3.63, 3.8) is 0 Å². The highest BCUT2D eigenvalue weighted by atomic mass is 16.5. The van der Waals surface area contributed by atoms with Crippen LogP contribution < -0.4 is 10.6 Å². The molecule has 1 saturated carbocycles. The molecule has 6 heteroatoms. The van der Waals surface area contributed by atoms with Gasteiger partial charge in [-0.15, -0.1) is 0 Å². The third-order valence-electron chi connectivity index (χ3n) is 3.51. The minimum absolute atomic E-state index is 0.259. The third-order valence-corrected chi connectivity index (χ3v) is 3.51. The summed E-state index contributed by atoms with van der Waals surface area (Å²) in [5.41, 5.74) is 0. The molecule has 0 aromatic heterocycles. The Balaban J connectivity index is 2.44. The number of nitrogens with one attached hydrogen (secondary N) is 2. The van der Waals surface area contributed by atoms with Crippen LogP contribution in [-0.4, -0.2) is 43.4 Å².